The lowest BCUT2D eigenvalue weighted by molar-refractivity contribution is -0.124. The minimum absolute atomic E-state index is 0.0672. The SMILES string of the molecule is CNc1c(OC(C)(C=O)COC)cc(-c2cc(NC(=O)c3ccnc(C(C)(F)F)c3)ccc2C)cc1C1CCOCC1. The highest BCUT2D eigenvalue weighted by atomic mass is 19.3. The summed E-state index contributed by atoms with van der Waals surface area (Å²) in [5.41, 5.74) is 3.32. The molecule has 0 saturated carbocycles. The molecule has 1 aliphatic heterocycles. The van der Waals surface area contributed by atoms with Crippen molar-refractivity contribution in [1.82, 2.24) is 4.98 Å². The van der Waals surface area contributed by atoms with Gasteiger partial charge in [0.05, 0.1) is 12.3 Å². The van der Waals surface area contributed by atoms with E-state index in [1.807, 2.05) is 32.2 Å². The molecule has 42 heavy (non-hydrogen) atoms. The van der Waals surface area contributed by atoms with Gasteiger partial charge in [0, 0.05) is 51.7 Å². The van der Waals surface area contributed by atoms with Crippen molar-refractivity contribution in [2.75, 3.05) is 44.6 Å². The van der Waals surface area contributed by atoms with Gasteiger partial charge in [-0.25, -0.2) is 0 Å². The van der Waals surface area contributed by atoms with E-state index in [1.54, 1.807) is 13.0 Å². The topological polar surface area (TPSA) is 98.8 Å². The number of methoxy groups -OCH3 is 1. The van der Waals surface area contributed by atoms with E-state index >= 15 is 0 Å². The van der Waals surface area contributed by atoms with Gasteiger partial charge in [0.2, 0.25) is 0 Å². The summed E-state index contributed by atoms with van der Waals surface area (Å²) in [6.07, 6.45) is 3.60. The van der Waals surface area contributed by atoms with E-state index in [2.05, 4.69) is 21.7 Å². The molecule has 1 atom stereocenters. The number of nitrogens with one attached hydrogen (secondary N) is 2. The molecule has 0 radical (unpaired) electrons. The summed E-state index contributed by atoms with van der Waals surface area (Å²) in [5, 5.41) is 6.10. The second-order valence-electron chi connectivity index (χ2n) is 10.8. The van der Waals surface area contributed by atoms with E-state index in [-0.39, 0.29) is 18.1 Å². The number of ether oxygens (including phenoxy) is 3. The predicted molar refractivity (Wildman–Crippen MR) is 158 cm³/mol. The molecule has 0 bridgehead atoms. The molecule has 4 rings (SSSR count). The van der Waals surface area contributed by atoms with Crippen LogP contribution in [0.5, 0.6) is 5.75 Å². The zero-order valence-electron chi connectivity index (χ0n) is 24.6. The second-order valence-corrected chi connectivity index (χ2v) is 10.8. The summed E-state index contributed by atoms with van der Waals surface area (Å²) < 4.78 is 44.8. The molecule has 2 aromatic carbocycles. The van der Waals surface area contributed by atoms with E-state index in [4.69, 9.17) is 14.2 Å². The highest BCUT2D eigenvalue weighted by Crippen LogP contribution is 2.43. The van der Waals surface area contributed by atoms with Gasteiger partial charge in [-0.15, -0.1) is 0 Å². The number of anilines is 2. The first-order valence-electron chi connectivity index (χ1n) is 13.8. The average molecular weight is 582 g/mol. The van der Waals surface area contributed by atoms with Crippen LogP contribution in [0.1, 0.15) is 59.8 Å². The minimum atomic E-state index is -3.17. The predicted octanol–water partition coefficient (Wildman–Crippen LogP) is 6.34. The van der Waals surface area contributed by atoms with Gasteiger partial charge in [-0.2, -0.15) is 8.78 Å². The third kappa shape index (κ3) is 7.11. The summed E-state index contributed by atoms with van der Waals surface area (Å²) >= 11 is 0. The van der Waals surface area contributed by atoms with Gasteiger partial charge >= 0.3 is 0 Å². The molecule has 1 fully saturated rings. The second kappa shape index (κ2) is 13.0. The summed E-state index contributed by atoms with van der Waals surface area (Å²) in [7, 11) is 3.33. The number of benzene rings is 2. The number of amides is 1. The average Bonchev–Trinajstić information content (AvgIpc) is 2.98. The first kappa shape index (κ1) is 31.1. The number of pyridine rings is 1. The Labute approximate surface area is 244 Å². The number of aryl methyl sites for hydroxylation is 1. The minimum Gasteiger partial charge on any atom is -0.475 e. The Morgan fingerprint density at radius 1 is 1.14 bits per heavy atom. The molecule has 1 saturated heterocycles. The summed E-state index contributed by atoms with van der Waals surface area (Å²) in [6.45, 7) is 5.72. The zero-order valence-corrected chi connectivity index (χ0v) is 24.6. The smallest absolute Gasteiger partial charge is 0.286 e. The number of aromatic nitrogens is 1. The lowest BCUT2D eigenvalue weighted by atomic mass is 9.87. The van der Waals surface area contributed by atoms with Gasteiger partial charge in [0.15, 0.2) is 11.9 Å². The van der Waals surface area contributed by atoms with Gasteiger partial charge in [-0.1, -0.05) is 6.07 Å². The fourth-order valence-corrected chi connectivity index (χ4v) is 5.12. The van der Waals surface area contributed by atoms with Gasteiger partial charge < -0.3 is 24.8 Å². The number of nitrogens with zero attached hydrogens (tertiary/aromatic N) is 1. The normalized spacial score (nSPS) is 15.5. The Morgan fingerprint density at radius 2 is 1.88 bits per heavy atom. The number of hydrogen-bond donors (Lipinski definition) is 2. The molecule has 1 aliphatic rings. The summed E-state index contributed by atoms with van der Waals surface area (Å²) in [6, 6.07) is 11.9. The van der Waals surface area contributed by atoms with Crippen LogP contribution in [-0.2, 0) is 20.2 Å². The third-order valence-corrected chi connectivity index (χ3v) is 7.35. The molecule has 1 amide bonds. The first-order valence-corrected chi connectivity index (χ1v) is 13.8. The number of hydrogen-bond acceptors (Lipinski definition) is 7. The fraction of sp³-hybridized carbons (Fsp3) is 0.406. The third-order valence-electron chi connectivity index (χ3n) is 7.35. The first-order chi connectivity index (χ1) is 20.0. The molecule has 1 unspecified atom stereocenters. The van der Waals surface area contributed by atoms with E-state index in [1.165, 1.54) is 19.4 Å². The van der Waals surface area contributed by atoms with Crippen molar-refractivity contribution in [3.63, 3.8) is 0 Å². The van der Waals surface area contributed by atoms with Crippen molar-refractivity contribution in [1.29, 1.82) is 0 Å². The summed E-state index contributed by atoms with van der Waals surface area (Å²) in [5.74, 6) is -3.00. The van der Waals surface area contributed by atoms with Crippen molar-refractivity contribution in [3.8, 4) is 16.9 Å². The molecule has 8 nitrogen and oxygen atoms in total. The molecular formula is C32H37F2N3O5. The van der Waals surface area contributed by atoms with Crippen LogP contribution in [0.3, 0.4) is 0 Å². The molecular weight excluding hydrogens is 544 g/mol. The number of carbonyl (C=O) groups is 2. The maximum absolute atomic E-state index is 13.8. The van der Waals surface area contributed by atoms with E-state index < -0.39 is 23.1 Å². The lowest BCUT2D eigenvalue weighted by Crippen LogP contribution is -2.39. The van der Waals surface area contributed by atoms with E-state index in [0.717, 1.165) is 60.1 Å². The van der Waals surface area contributed by atoms with Crippen LogP contribution in [0.4, 0.5) is 20.2 Å². The largest absolute Gasteiger partial charge is 0.475 e. The van der Waals surface area contributed by atoms with E-state index in [9.17, 15) is 18.4 Å². The Hall–Kier alpha value is -3.89. The maximum Gasteiger partial charge on any atom is 0.286 e. The Bertz CT molecular complexity index is 1440. The molecule has 10 heteroatoms. The van der Waals surface area contributed by atoms with Crippen LogP contribution in [0, 0.1) is 6.92 Å². The molecule has 224 valence electrons. The molecule has 3 aromatic rings. The molecule has 2 heterocycles. The van der Waals surface area contributed by atoms with Gasteiger partial charge in [0.25, 0.3) is 11.8 Å². The van der Waals surface area contributed by atoms with Crippen LogP contribution in [0.2, 0.25) is 0 Å². The quantitative estimate of drug-likeness (QED) is 0.255. The monoisotopic (exact) mass is 581 g/mol. The van der Waals surface area contributed by atoms with Crippen LogP contribution < -0.4 is 15.4 Å². The molecule has 2 N–H and O–H groups in total. The number of halogens is 2. The fourth-order valence-electron chi connectivity index (χ4n) is 5.12. The Morgan fingerprint density at radius 3 is 2.52 bits per heavy atom. The summed E-state index contributed by atoms with van der Waals surface area (Å²) in [4.78, 5) is 28.7. The van der Waals surface area contributed by atoms with Crippen LogP contribution in [-0.4, -0.2) is 56.8 Å². The molecule has 1 aromatic heterocycles. The Kier molecular flexibility index (Phi) is 9.58. The van der Waals surface area contributed by atoms with Crippen molar-refractivity contribution >= 4 is 23.6 Å². The van der Waals surface area contributed by atoms with E-state index in [0.29, 0.717) is 24.7 Å². The van der Waals surface area contributed by atoms with Crippen LogP contribution in [0.15, 0.2) is 48.7 Å². The standard InChI is InChI=1S/C32H37F2N3O5/c1-20-6-7-24(37-30(39)22-8-11-36-28(16-22)32(3,33)34)17-25(20)23-14-26(21-9-12-41-13-10-21)29(35-4)27(15-23)42-31(2,18-38)19-40-5/h6-8,11,14-18,21,35H,9-10,12-13,19H2,1-5H3,(H,37,39). The number of carbonyl (C=O) groups excluding carboxylic acids is 2. The van der Waals surface area contributed by atoms with Gasteiger partial charge in [0.1, 0.15) is 11.4 Å². The van der Waals surface area contributed by atoms with Gasteiger partial charge in [-0.05, 0) is 91.3 Å². The zero-order chi connectivity index (χ0) is 30.5. The number of alkyl halides is 2. The van der Waals surface area contributed by atoms with Crippen molar-refractivity contribution in [2.24, 2.45) is 0 Å². The van der Waals surface area contributed by atoms with Crippen LogP contribution >= 0.6 is 0 Å². The Balaban J connectivity index is 1.76. The number of rotatable bonds is 11. The van der Waals surface area contributed by atoms with Gasteiger partial charge in [-0.3, -0.25) is 14.6 Å². The molecule has 0 aliphatic carbocycles. The highest BCUT2D eigenvalue weighted by molar-refractivity contribution is 6.04. The van der Waals surface area contributed by atoms with Crippen LogP contribution in [0.25, 0.3) is 11.1 Å². The van der Waals surface area contributed by atoms with Crippen molar-refractivity contribution < 1.29 is 32.6 Å². The number of aldehydes is 1. The molecule has 0 spiro atoms. The van der Waals surface area contributed by atoms with Crippen molar-refractivity contribution in [3.05, 3.63) is 71.0 Å². The van der Waals surface area contributed by atoms with Crippen molar-refractivity contribution in [2.45, 2.75) is 51.1 Å². The highest BCUT2D eigenvalue weighted by Gasteiger charge is 2.30. The maximum atomic E-state index is 13.8. The lowest BCUT2D eigenvalue weighted by Gasteiger charge is -2.30.